The van der Waals surface area contributed by atoms with Crippen LogP contribution in [0.25, 0.3) is 0 Å². The molecule has 9 heteroatoms. The number of hydrogen-bond acceptors (Lipinski definition) is 6. The number of amides is 2. The highest BCUT2D eigenvalue weighted by atomic mass is 32.2. The van der Waals surface area contributed by atoms with Gasteiger partial charge in [-0.2, -0.15) is 0 Å². The fourth-order valence-corrected chi connectivity index (χ4v) is 2.99. The van der Waals surface area contributed by atoms with Gasteiger partial charge in [0.05, 0.1) is 12.0 Å². The molecule has 1 aromatic carbocycles. The van der Waals surface area contributed by atoms with E-state index >= 15 is 0 Å². The summed E-state index contributed by atoms with van der Waals surface area (Å²) in [6.07, 6.45) is -0.812. The van der Waals surface area contributed by atoms with E-state index in [2.05, 4.69) is 5.32 Å². The van der Waals surface area contributed by atoms with Crippen LogP contribution in [-0.4, -0.2) is 39.2 Å². The van der Waals surface area contributed by atoms with Crippen molar-refractivity contribution in [3.8, 4) is 5.75 Å². The van der Waals surface area contributed by atoms with Crippen LogP contribution in [0.3, 0.4) is 0 Å². The number of methoxy groups -OCH3 is 1. The van der Waals surface area contributed by atoms with Crippen LogP contribution in [0, 0.1) is 6.92 Å². The van der Waals surface area contributed by atoms with Gasteiger partial charge in [-0.15, -0.1) is 0 Å². The van der Waals surface area contributed by atoms with E-state index in [-0.39, 0.29) is 4.90 Å². The van der Waals surface area contributed by atoms with Crippen molar-refractivity contribution in [1.29, 1.82) is 0 Å². The molecule has 0 fully saturated rings. The molecule has 0 spiro atoms. The zero-order valence-corrected chi connectivity index (χ0v) is 16.0. The highest BCUT2D eigenvalue weighted by molar-refractivity contribution is 7.90. The van der Waals surface area contributed by atoms with Crippen LogP contribution in [0.1, 0.15) is 33.3 Å². The van der Waals surface area contributed by atoms with E-state index in [0.29, 0.717) is 11.3 Å². The molecule has 0 heterocycles. The first kappa shape index (κ1) is 20.8. The number of carbonyl (C=O) groups excluding carboxylic acids is 2. The molecule has 0 bridgehead atoms. The van der Waals surface area contributed by atoms with Gasteiger partial charge in [-0.1, -0.05) is 0 Å². The minimum Gasteiger partial charge on any atom is -0.496 e. The molecule has 0 saturated heterocycles. The molecule has 0 radical (unpaired) electrons. The van der Waals surface area contributed by atoms with E-state index in [1.807, 2.05) is 4.72 Å². The summed E-state index contributed by atoms with van der Waals surface area (Å²) in [5.74, 6) is -0.343. The summed E-state index contributed by atoms with van der Waals surface area (Å²) >= 11 is 0. The first-order valence-corrected chi connectivity index (χ1v) is 9.05. The van der Waals surface area contributed by atoms with Crippen LogP contribution in [0.2, 0.25) is 0 Å². The molecule has 1 atom stereocenters. The van der Waals surface area contributed by atoms with E-state index in [0.717, 1.165) is 0 Å². The highest BCUT2D eigenvalue weighted by Gasteiger charge is 2.25. The second-order valence-corrected chi connectivity index (χ2v) is 8.15. The number of rotatable bonds is 5. The molecule has 2 N–H and O–H groups in total. The predicted octanol–water partition coefficient (Wildman–Crippen LogP) is 1.72. The summed E-state index contributed by atoms with van der Waals surface area (Å²) in [5, 5.41) is 2.28. The molecule has 1 aromatic rings. The fourth-order valence-electron chi connectivity index (χ4n) is 1.85. The summed E-state index contributed by atoms with van der Waals surface area (Å²) in [5.41, 5.74) is -0.120. The van der Waals surface area contributed by atoms with Crippen LogP contribution >= 0.6 is 0 Å². The number of nitrogens with one attached hydrogen (secondary N) is 2. The Morgan fingerprint density at radius 1 is 1.20 bits per heavy atom. The number of benzene rings is 1. The van der Waals surface area contributed by atoms with E-state index in [1.54, 1.807) is 27.7 Å². The maximum absolute atomic E-state index is 12.3. The molecule has 0 aliphatic rings. The Morgan fingerprint density at radius 2 is 1.80 bits per heavy atom. The van der Waals surface area contributed by atoms with Gasteiger partial charge in [0, 0.05) is 0 Å². The van der Waals surface area contributed by atoms with Gasteiger partial charge in [0.1, 0.15) is 17.4 Å². The SMILES string of the molecule is COc1ccc(S(=O)(=O)NC(=O)C(C)NC(=O)OC(C)(C)C)cc1C. The van der Waals surface area contributed by atoms with Gasteiger partial charge < -0.3 is 14.8 Å². The second kappa shape index (κ2) is 7.73. The summed E-state index contributed by atoms with van der Waals surface area (Å²) in [6.45, 7) is 8.07. The van der Waals surface area contributed by atoms with Crippen molar-refractivity contribution in [3.05, 3.63) is 23.8 Å². The van der Waals surface area contributed by atoms with Gasteiger partial charge in [-0.05, 0) is 58.4 Å². The first-order chi connectivity index (χ1) is 11.4. The molecule has 0 saturated carbocycles. The number of carbonyl (C=O) groups is 2. The summed E-state index contributed by atoms with van der Waals surface area (Å²) < 4.78 is 36.6. The Hall–Kier alpha value is -2.29. The number of sulfonamides is 1. The maximum atomic E-state index is 12.3. The summed E-state index contributed by atoms with van der Waals surface area (Å²) in [6, 6.07) is 3.12. The quantitative estimate of drug-likeness (QED) is 0.814. The zero-order chi connectivity index (χ0) is 19.4. The van der Waals surface area contributed by atoms with Crippen LogP contribution in [0.4, 0.5) is 4.79 Å². The number of aryl methyl sites for hydroxylation is 1. The van der Waals surface area contributed by atoms with Crippen molar-refractivity contribution in [2.75, 3.05) is 7.11 Å². The summed E-state index contributed by atoms with van der Waals surface area (Å²) in [4.78, 5) is 23.6. The molecule has 0 aliphatic carbocycles. The number of alkyl carbamates (subject to hydrolysis) is 1. The Morgan fingerprint density at radius 3 is 2.28 bits per heavy atom. The monoisotopic (exact) mass is 372 g/mol. The molecule has 25 heavy (non-hydrogen) atoms. The largest absolute Gasteiger partial charge is 0.496 e. The van der Waals surface area contributed by atoms with Crippen LogP contribution in [-0.2, 0) is 19.6 Å². The van der Waals surface area contributed by atoms with E-state index < -0.39 is 33.7 Å². The second-order valence-electron chi connectivity index (χ2n) is 6.47. The van der Waals surface area contributed by atoms with Gasteiger partial charge >= 0.3 is 6.09 Å². The van der Waals surface area contributed by atoms with Gasteiger partial charge in [-0.3, -0.25) is 4.79 Å². The van der Waals surface area contributed by atoms with Crippen molar-refractivity contribution >= 4 is 22.0 Å². The lowest BCUT2D eigenvalue weighted by atomic mass is 10.2. The molecule has 140 valence electrons. The highest BCUT2D eigenvalue weighted by Crippen LogP contribution is 2.21. The standard InChI is InChI=1S/C16H24N2O6S/c1-10-9-12(7-8-13(10)23-6)25(21,22)18-14(19)11(2)17-15(20)24-16(3,4)5/h7-9,11H,1-6H3,(H,17,20)(H,18,19). The average molecular weight is 372 g/mol. The van der Waals surface area contributed by atoms with Gasteiger partial charge in [0.2, 0.25) is 0 Å². The average Bonchev–Trinajstić information content (AvgIpc) is 2.44. The topological polar surface area (TPSA) is 111 Å². The van der Waals surface area contributed by atoms with Crippen molar-refractivity contribution in [1.82, 2.24) is 10.0 Å². The predicted molar refractivity (Wildman–Crippen MR) is 91.9 cm³/mol. The van der Waals surface area contributed by atoms with Crippen LogP contribution < -0.4 is 14.8 Å². The van der Waals surface area contributed by atoms with Gasteiger partial charge in [-0.25, -0.2) is 17.9 Å². The molecule has 8 nitrogen and oxygen atoms in total. The van der Waals surface area contributed by atoms with Crippen molar-refractivity contribution in [2.45, 2.75) is 51.2 Å². The minimum absolute atomic E-state index is 0.0800. The Balaban J connectivity index is 2.80. The summed E-state index contributed by atoms with van der Waals surface area (Å²) in [7, 11) is -2.60. The lowest BCUT2D eigenvalue weighted by Gasteiger charge is -2.21. The minimum atomic E-state index is -4.07. The zero-order valence-electron chi connectivity index (χ0n) is 15.2. The first-order valence-electron chi connectivity index (χ1n) is 7.56. The van der Waals surface area contributed by atoms with E-state index in [1.165, 1.54) is 32.2 Å². The molecule has 1 rings (SSSR count). The van der Waals surface area contributed by atoms with Crippen molar-refractivity contribution in [2.24, 2.45) is 0 Å². The molecular formula is C16H24N2O6S. The van der Waals surface area contributed by atoms with E-state index in [9.17, 15) is 18.0 Å². The lowest BCUT2D eigenvalue weighted by Crippen LogP contribution is -2.47. The Bertz CT molecular complexity index is 752. The number of ether oxygens (including phenoxy) is 2. The third-order valence-electron chi connectivity index (χ3n) is 3.04. The molecule has 2 amide bonds. The van der Waals surface area contributed by atoms with Crippen molar-refractivity contribution in [3.63, 3.8) is 0 Å². The molecular weight excluding hydrogens is 348 g/mol. The van der Waals surface area contributed by atoms with Crippen molar-refractivity contribution < 1.29 is 27.5 Å². The third kappa shape index (κ3) is 6.26. The van der Waals surface area contributed by atoms with E-state index in [4.69, 9.17) is 9.47 Å². The molecule has 0 aliphatic heterocycles. The number of hydrogen-bond donors (Lipinski definition) is 2. The van der Waals surface area contributed by atoms with Crippen LogP contribution in [0.5, 0.6) is 5.75 Å². The fraction of sp³-hybridized carbons (Fsp3) is 0.500. The van der Waals surface area contributed by atoms with Gasteiger partial charge in [0.15, 0.2) is 0 Å². The molecule has 0 aromatic heterocycles. The Labute approximate surface area is 147 Å². The Kier molecular flexibility index (Phi) is 6.42. The molecule has 1 unspecified atom stereocenters. The van der Waals surface area contributed by atoms with Gasteiger partial charge in [0.25, 0.3) is 15.9 Å². The maximum Gasteiger partial charge on any atom is 0.408 e. The lowest BCUT2D eigenvalue weighted by molar-refractivity contribution is -0.121. The normalized spacial score (nSPS) is 12.9. The smallest absolute Gasteiger partial charge is 0.408 e. The third-order valence-corrected chi connectivity index (χ3v) is 4.38. The van der Waals surface area contributed by atoms with Crippen LogP contribution in [0.15, 0.2) is 23.1 Å².